The maximum atomic E-state index is 3.18. The predicted octanol–water partition coefficient (Wildman–Crippen LogP) is 3.34. The van der Waals surface area contributed by atoms with Crippen molar-refractivity contribution in [3.05, 3.63) is 59.7 Å². The van der Waals surface area contributed by atoms with Gasteiger partial charge < -0.3 is 0 Å². The van der Waals surface area contributed by atoms with Crippen LogP contribution < -0.4 is 0 Å². The van der Waals surface area contributed by atoms with Crippen LogP contribution >= 0.6 is 11.8 Å². The van der Waals surface area contributed by atoms with Crippen molar-refractivity contribution in [1.29, 1.82) is 0 Å². The van der Waals surface area contributed by atoms with E-state index in [0.717, 1.165) is 6.42 Å². The van der Waals surface area contributed by atoms with Crippen LogP contribution in [0.25, 0.3) is 0 Å². The van der Waals surface area contributed by atoms with Gasteiger partial charge in [0.1, 0.15) is 0 Å². The zero-order valence-electron chi connectivity index (χ0n) is 7.58. The molecule has 1 heteroatoms. The highest BCUT2D eigenvalue weighted by molar-refractivity contribution is 7.99. The first-order valence-electron chi connectivity index (χ1n) is 4.60. The second-order valence-corrected chi connectivity index (χ2v) is 4.42. The first-order valence-corrected chi connectivity index (χ1v) is 5.42. The van der Waals surface area contributed by atoms with Gasteiger partial charge in [0.2, 0.25) is 0 Å². The van der Waals surface area contributed by atoms with Crippen molar-refractivity contribution >= 4 is 11.8 Å². The Kier molecular flexibility index (Phi) is 1.84. The third-order valence-electron chi connectivity index (χ3n) is 2.40. The molecule has 0 aliphatic carbocycles. The Balaban J connectivity index is 2.12. The van der Waals surface area contributed by atoms with Gasteiger partial charge in [-0.2, -0.15) is 0 Å². The van der Waals surface area contributed by atoms with Gasteiger partial charge >= 0.3 is 0 Å². The lowest BCUT2D eigenvalue weighted by Crippen LogP contribution is -1.98. The molecule has 0 spiro atoms. The van der Waals surface area contributed by atoms with Crippen LogP contribution in [0, 0.1) is 12.1 Å². The Labute approximate surface area is 88.0 Å². The molecule has 2 aromatic rings. The maximum absolute atomic E-state index is 3.18. The van der Waals surface area contributed by atoms with Crippen molar-refractivity contribution < 1.29 is 0 Å². The van der Waals surface area contributed by atoms with Crippen LogP contribution in [0.1, 0.15) is 11.1 Å². The van der Waals surface area contributed by atoms with Gasteiger partial charge in [0.05, 0.1) is 0 Å². The first kappa shape index (κ1) is 8.13. The van der Waals surface area contributed by atoms with E-state index >= 15 is 0 Å². The van der Waals surface area contributed by atoms with E-state index in [-0.39, 0.29) is 0 Å². The average molecular weight is 196 g/mol. The Morgan fingerprint density at radius 2 is 2.00 bits per heavy atom. The Bertz CT molecular complexity index is 387. The van der Waals surface area contributed by atoms with Crippen molar-refractivity contribution in [3.63, 3.8) is 0 Å². The Morgan fingerprint density at radius 1 is 1.07 bits per heavy atom. The van der Waals surface area contributed by atoms with Crippen molar-refractivity contribution in [1.82, 2.24) is 0 Å². The highest BCUT2D eigenvalue weighted by atomic mass is 32.2. The molecule has 1 heterocycles. The van der Waals surface area contributed by atoms with Crippen LogP contribution in [-0.2, 0) is 6.42 Å². The van der Waals surface area contributed by atoms with Gasteiger partial charge in [-0.3, -0.25) is 0 Å². The molecule has 0 saturated carbocycles. The van der Waals surface area contributed by atoms with Crippen LogP contribution in [0.15, 0.2) is 46.2 Å². The van der Waals surface area contributed by atoms with E-state index in [1.807, 2.05) is 17.8 Å². The quantitative estimate of drug-likeness (QED) is 0.531. The molecule has 0 amide bonds. The molecule has 0 N–H and O–H groups in total. The molecule has 14 heavy (non-hydrogen) atoms. The molecule has 1 aliphatic rings. The molecule has 0 atom stereocenters. The number of benzene rings is 2. The molecule has 0 aromatic heterocycles. The zero-order valence-corrected chi connectivity index (χ0v) is 8.40. The van der Waals surface area contributed by atoms with Crippen molar-refractivity contribution in [3.8, 4) is 0 Å². The van der Waals surface area contributed by atoms with Crippen LogP contribution in [0.2, 0.25) is 0 Å². The van der Waals surface area contributed by atoms with Gasteiger partial charge in [-0.25, -0.2) is 0 Å². The van der Waals surface area contributed by atoms with Gasteiger partial charge in [0.25, 0.3) is 0 Å². The molecule has 3 rings (SSSR count). The van der Waals surface area contributed by atoms with E-state index in [4.69, 9.17) is 0 Å². The fourth-order valence-corrected chi connectivity index (χ4v) is 2.73. The standard InChI is InChI=1S/C13H8S/c1-3-7-12-10(5-1)9-11-6-2-4-8-13(11)14-12/h1,3-5,7-8H,9H2. The summed E-state index contributed by atoms with van der Waals surface area (Å²) in [5.74, 6) is 0. The van der Waals surface area contributed by atoms with Crippen molar-refractivity contribution in [2.75, 3.05) is 0 Å². The van der Waals surface area contributed by atoms with E-state index in [2.05, 4.69) is 42.5 Å². The van der Waals surface area contributed by atoms with Gasteiger partial charge in [0, 0.05) is 16.2 Å². The van der Waals surface area contributed by atoms with E-state index < -0.39 is 0 Å². The minimum Gasteiger partial charge on any atom is -0.0895 e. The molecule has 0 bridgehead atoms. The topological polar surface area (TPSA) is 0 Å². The summed E-state index contributed by atoms with van der Waals surface area (Å²) < 4.78 is 0. The second-order valence-electron chi connectivity index (χ2n) is 3.33. The molecule has 1 aliphatic heterocycles. The van der Waals surface area contributed by atoms with Gasteiger partial charge in [-0.15, -0.1) is 0 Å². The SMILES string of the molecule is [c]1[c]c2c(cc1)Sc1ccccc1C2. The first-order chi connectivity index (χ1) is 6.93. The summed E-state index contributed by atoms with van der Waals surface area (Å²) in [6.45, 7) is 0. The molecule has 2 aromatic carbocycles. The third-order valence-corrected chi connectivity index (χ3v) is 3.62. The van der Waals surface area contributed by atoms with Crippen LogP contribution in [0.3, 0.4) is 0 Å². The van der Waals surface area contributed by atoms with Crippen LogP contribution in [0.4, 0.5) is 0 Å². The fraction of sp³-hybridized carbons (Fsp3) is 0.0769. The Hall–Kier alpha value is -1.21. The molecular weight excluding hydrogens is 188 g/mol. The largest absolute Gasteiger partial charge is 0.0895 e. The molecular formula is C13H8S. The van der Waals surface area contributed by atoms with Gasteiger partial charge in [0.15, 0.2) is 0 Å². The minimum atomic E-state index is 0.996. The van der Waals surface area contributed by atoms with Crippen LogP contribution in [-0.4, -0.2) is 0 Å². The summed E-state index contributed by atoms with van der Waals surface area (Å²) in [5.41, 5.74) is 2.68. The molecule has 0 saturated heterocycles. The van der Waals surface area contributed by atoms with E-state index in [0.29, 0.717) is 0 Å². The second kappa shape index (κ2) is 3.18. The average Bonchev–Trinajstić information content (AvgIpc) is 2.26. The van der Waals surface area contributed by atoms with E-state index in [1.165, 1.54) is 20.9 Å². The van der Waals surface area contributed by atoms with Crippen molar-refractivity contribution in [2.24, 2.45) is 0 Å². The Morgan fingerprint density at radius 3 is 3.00 bits per heavy atom. The normalized spacial score (nSPS) is 13.1. The smallest absolute Gasteiger partial charge is 0.0164 e. The van der Waals surface area contributed by atoms with Crippen LogP contribution in [0.5, 0.6) is 0 Å². The minimum absolute atomic E-state index is 0.996. The summed E-state index contributed by atoms with van der Waals surface area (Å²) in [7, 11) is 0. The highest BCUT2D eigenvalue weighted by Gasteiger charge is 2.14. The molecule has 0 fully saturated rings. The number of hydrogen-bond acceptors (Lipinski definition) is 1. The maximum Gasteiger partial charge on any atom is 0.0164 e. The summed E-state index contributed by atoms with van der Waals surface area (Å²) in [6.07, 6.45) is 0.996. The van der Waals surface area contributed by atoms with Gasteiger partial charge in [-0.05, 0) is 35.4 Å². The molecule has 0 nitrogen and oxygen atoms in total. The number of hydrogen-bond donors (Lipinski definition) is 0. The molecule has 0 unspecified atom stereocenters. The molecule has 2 radical (unpaired) electrons. The van der Waals surface area contributed by atoms with Gasteiger partial charge in [-0.1, -0.05) is 36.0 Å². The van der Waals surface area contributed by atoms with E-state index in [9.17, 15) is 0 Å². The lowest BCUT2D eigenvalue weighted by atomic mass is 10.0. The molecule has 66 valence electrons. The highest BCUT2D eigenvalue weighted by Crippen LogP contribution is 2.38. The third kappa shape index (κ3) is 1.25. The number of rotatable bonds is 0. The van der Waals surface area contributed by atoms with E-state index in [1.54, 1.807) is 0 Å². The lowest BCUT2D eigenvalue weighted by Gasteiger charge is -2.17. The monoisotopic (exact) mass is 196 g/mol. The summed E-state index contributed by atoms with van der Waals surface area (Å²) in [6, 6.07) is 18.8. The van der Waals surface area contributed by atoms with Crippen molar-refractivity contribution in [2.45, 2.75) is 16.2 Å². The summed E-state index contributed by atoms with van der Waals surface area (Å²) in [5, 5.41) is 0. The fourth-order valence-electron chi connectivity index (χ4n) is 1.69. The predicted molar refractivity (Wildman–Crippen MR) is 57.5 cm³/mol. The zero-order chi connectivity index (χ0) is 9.38. The lowest BCUT2D eigenvalue weighted by molar-refractivity contribution is 1.05. The number of fused-ring (bicyclic) bond motifs is 2. The summed E-state index contributed by atoms with van der Waals surface area (Å²) >= 11 is 1.83. The summed E-state index contributed by atoms with van der Waals surface area (Å²) in [4.78, 5) is 2.70.